The smallest absolute Gasteiger partial charge is 0.343 e. The Morgan fingerprint density at radius 2 is 1.97 bits per heavy atom. The van der Waals surface area contributed by atoms with Gasteiger partial charge in [0.2, 0.25) is 0 Å². The fourth-order valence-corrected chi connectivity index (χ4v) is 4.59. The van der Waals surface area contributed by atoms with Gasteiger partial charge >= 0.3 is 5.97 Å². The van der Waals surface area contributed by atoms with Crippen molar-refractivity contribution in [2.75, 3.05) is 13.2 Å². The number of hydrogen-bond acceptors (Lipinski definition) is 8. The highest BCUT2D eigenvalue weighted by atomic mass is 32.2. The zero-order valence-corrected chi connectivity index (χ0v) is 18.4. The minimum absolute atomic E-state index is 0.0292. The van der Waals surface area contributed by atoms with Crippen molar-refractivity contribution >= 4 is 51.9 Å². The molecular formula is C22H18N2O6S2. The molecule has 1 unspecified atom stereocenters. The summed E-state index contributed by atoms with van der Waals surface area (Å²) in [6.07, 6.45) is 3.70. The van der Waals surface area contributed by atoms with Gasteiger partial charge in [-0.05, 0) is 48.7 Å². The molecule has 1 atom stereocenters. The highest BCUT2D eigenvalue weighted by Crippen LogP contribution is 2.33. The van der Waals surface area contributed by atoms with Gasteiger partial charge in [-0.1, -0.05) is 36.1 Å². The topological polar surface area (TPSA) is 99.0 Å². The van der Waals surface area contributed by atoms with E-state index in [-0.39, 0.29) is 23.3 Å². The molecule has 0 bridgehead atoms. The molecule has 0 aliphatic carbocycles. The summed E-state index contributed by atoms with van der Waals surface area (Å²) in [5.41, 5.74) is 0.861. The van der Waals surface area contributed by atoms with Crippen LogP contribution in [0, 0.1) is 10.1 Å². The summed E-state index contributed by atoms with van der Waals surface area (Å²) in [7, 11) is 0. The van der Waals surface area contributed by atoms with E-state index < -0.39 is 10.9 Å². The lowest BCUT2D eigenvalue weighted by Crippen LogP contribution is -2.35. The molecule has 0 N–H and O–H groups in total. The molecule has 2 heterocycles. The lowest BCUT2D eigenvalue weighted by Gasteiger charge is -2.18. The van der Waals surface area contributed by atoms with E-state index >= 15 is 0 Å². The van der Waals surface area contributed by atoms with E-state index in [0.717, 1.165) is 25.0 Å². The zero-order chi connectivity index (χ0) is 22.7. The molecule has 0 saturated carbocycles. The standard InChI is InChI=1S/C22H18N2O6S2/c25-20-19(32-22(31)23(20)13-18-2-1-11-29-18)12-14-3-9-17(10-4-14)30-21(26)15-5-7-16(8-6-15)24(27)28/h3-10,12,18H,1-2,11,13H2. The van der Waals surface area contributed by atoms with Gasteiger partial charge in [-0.2, -0.15) is 0 Å². The van der Waals surface area contributed by atoms with Crippen molar-refractivity contribution in [3.8, 4) is 5.75 Å². The Balaban J connectivity index is 1.39. The largest absolute Gasteiger partial charge is 0.423 e. The van der Waals surface area contributed by atoms with Gasteiger partial charge in [0.1, 0.15) is 10.1 Å². The third kappa shape index (κ3) is 5.04. The lowest BCUT2D eigenvalue weighted by atomic mass is 10.2. The number of thioether (sulfide) groups is 1. The van der Waals surface area contributed by atoms with Crippen molar-refractivity contribution in [2.45, 2.75) is 18.9 Å². The van der Waals surface area contributed by atoms with Crippen molar-refractivity contribution in [1.82, 2.24) is 4.90 Å². The predicted octanol–water partition coefficient (Wildman–Crippen LogP) is 4.19. The average Bonchev–Trinajstić information content (AvgIpc) is 3.39. The van der Waals surface area contributed by atoms with E-state index in [1.54, 1.807) is 35.2 Å². The first-order valence-electron chi connectivity index (χ1n) is 9.84. The molecule has 10 heteroatoms. The highest BCUT2D eigenvalue weighted by molar-refractivity contribution is 8.26. The first-order chi connectivity index (χ1) is 15.4. The number of rotatable bonds is 6. The van der Waals surface area contributed by atoms with Crippen molar-refractivity contribution in [3.05, 3.63) is 74.7 Å². The van der Waals surface area contributed by atoms with Crippen LogP contribution in [0.5, 0.6) is 5.75 Å². The SMILES string of the molecule is O=C(Oc1ccc(C=C2SC(=S)N(CC3CCCO3)C2=O)cc1)c1ccc([N+](=O)[O-])cc1. The molecule has 1 amide bonds. The highest BCUT2D eigenvalue weighted by Gasteiger charge is 2.34. The minimum atomic E-state index is -0.623. The maximum Gasteiger partial charge on any atom is 0.343 e. The molecule has 2 saturated heterocycles. The van der Waals surface area contributed by atoms with E-state index in [4.69, 9.17) is 21.7 Å². The Bertz CT molecular complexity index is 1090. The number of carbonyl (C=O) groups is 2. The van der Waals surface area contributed by atoms with Crippen LogP contribution in [-0.4, -0.2) is 45.3 Å². The number of nitrogens with zero attached hydrogens (tertiary/aromatic N) is 2. The Morgan fingerprint density at radius 1 is 1.25 bits per heavy atom. The Kier molecular flexibility index (Phi) is 6.63. The molecule has 0 spiro atoms. The van der Waals surface area contributed by atoms with Crippen LogP contribution >= 0.6 is 24.0 Å². The molecule has 0 aromatic heterocycles. The maximum atomic E-state index is 12.7. The van der Waals surface area contributed by atoms with Crippen LogP contribution in [-0.2, 0) is 9.53 Å². The minimum Gasteiger partial charge on any atom is -0.423 e. The average molecular weight is 471 g/mol. The quantitative estimate of drug-likeness (QED) is 0.155. The van der Waals surface area contributed by atoms with Crippen LogP contribution in [0.15, 0.2) is 53.4 Å². The van der Waals surface area contributed by atoms with Gasteiger partial charge in [0, 0.05) is 18.7 Å². The second kappa shape index (κ2) is 9.60. The van der Waals surface area contributed by atoms with Crippen LogP contribution in [0.4, 0.5) is 5.69 Å². The van der Waals surface area contributed by atoms with Crippen LogP contribution in [0.2, 0.25) is 0 Å². The van der Waals surface area contributed by atoms with E-state index in [1.165, 1.54) is 36.0 Å². The molecule has 0 radical (unpaired) electrons. The Morgan fingerprint density at radius 3 is 2.59 bits per heavy atom. The summed E-state index contributed by atoms with van der Waals surface area (Å²) in [4.78, 5) is 37.2. The van der Waals surface area contributed by atoms with E-state index in [1.807, 2.05) is 0 Å². The van der Waals surface area contributed by atoms with E-state index in [0.29, 0.717) is 21.5 Å². The number of carbonyl (C=O) groups excluding carboxylic acids is 2. The third-order valence-corrected chi connectivity index (χ3v) is 6.36. The maximum absolute atomic E-state index is 12.7. The van der Waals surface area contributed by atoms with E-state index in [2.05, 4.69) is 0 Å². The number of non-ortho nitro benzene ring substituents is 1. The van der Waals surface area contributed by atoms with Crippen molar-refractivity contribution in [2.24, 2.45) is 0 Å². The normalized spacial score (nSPS) is 19.6. The number of nitro groups is 1. The predicted molar refractivity (Wildman–Crippen MR) is 123 cm³/mol. The monoisotopic (exact) mass is 470 g/mol. The summed E-state index contributed by atoms with van der Waals surface area (Å²) < 4.78 is 11.4. The molecule has 2 aromatic carbocycles. The third-order valence-electron chi connectivity index (χ3n) is 4.99. The summed E-state index contributed by atoms with van der Waals surface area (Å²) in [6, 6.07) is 11.9. The molecule has 2 aliphatic heterocycles. The van der Waals surface area contributed by atoms with Crippen molar-refractivity contribution in [1.29, 1.82) is 0 Å². The number of nitro benzene ring substituents is 1. The van der Waals surface area contributed by atoms with Crippen molar-refractivity contribution in [3.63, 3.8) is 0 Å². The molecule has 2 fully saturated rings. The second-order valence-corrected chi connectivity index (χ2v) is 8.87. The van der Waals surface area contributed by atoms with Gasteiger partial charge in [-0.3, -0.25) is 19.8 Å². The summed E-state index contributed by atoms with van der Waals surface area (Å²) in [5, 5.41) is 10.7. The van der Waals surface area contributed by atoms with Gasteiger partial charge in [0.25, 0.3) is 11.6 Å². The van der Waals surface area contributed by atoms with Gasteiger partial charge in [-0.15, -0.1) is 0 Å². The molecular weight excluding hydrogens is 452 g/mol. The summed E-state index contributed by atoms with van der Waals surface area (Å²) in [5.74, 6) is -0.441. The number of esters is 1. The number of benzene rings is 2. The number of thiocarbonyl (C=S) groups is 1. The molecule has 2 aromatic rings. The van der Waals surface area contributed by atoms with Crippen molar-refractivity contribution < 1.29 is 24.0 Å². The van der Waals surface area contributed by atoms with Crippen LogP contribution in [0.3, 0.4) is 0 Å². The number of hydrogen-bond donors (Lipinski definition) is 0. The number of ether oxygens (including phenoxy) is 2. The molecule has 4 rings (SSSR count). The van der Waals surface area contributed by atoms with Gasteiger partial charge in [0.05, 0.1) is 28.0 Å². The van der Waals surface area contributed by atoms with Crippen LogP contribution in [0.1, 0.15) is 28.8 Å². The van der Waals surface area contributed by atoms with Gasteiger partial charge in [-0.25, -0.2) is 4.79 Å². The van der Waals surface area contributed by atoms with Crippen LogP contribution < -0.4 is 4.74 Å². The first-order valence-corrected chi connectivity index (χ1v) is 11.1. The fourth-order valence-electron chi connectivity index (χ4n) is 3.32. The first kappa shape index (κ1) is 22.1. The van der Waals surface area contributed by atoms with Gasteiger partial charge < -0.3 is 9.47 Å². The Hall–Kier alpha value is -3.08. The lowest BCUT2D eigenvalue weighted by molar-refractivity contribution is -0.384. The fraction of sp³-hybridized carbons (Fsp3) is 0.227. The number of amides is 1. The second-order valence-electron chi connectivity index (χ2n) is 7.19. The Labute approximate surface area is 193 Å². The molecule has 164 valence electrons. The zero-order valence-electron chi connectivity index (χ0n) is 16.8. The van der Waals surface area contributed by atoms with Gasteiger partial charge in [0.15, 0.2) is 0 Å². The summed E-state index contributed by atoms with van der Waals surface area (Å²) >= 11 is 6.61. The summed E-state index contributed by atoms with van der Waals surface area (Å²) in [6.45, 7) is 1.19. The molecule has 32 heavy (non-hydrogen) atoms. The van der Waals surface area contributed by atoms with E-state index in [9.17, 15) is 19.7 Å². The van der Waals surface area contributed by atoms with Crippen LogP contribution in [0.25, 0.3) is 6.08 Å². The molecule has 2 aliphatic rings. The molecule has 8 nitrogen and oxygen atoms in total.